The Hall–Kier alpha value is -3.98. The lowest BCUT2D eigenvalue weighted by molar-refractivity contribution is -0.118. The van der Waals surface area contributed by atoms with E-state index in [0.29, 0.717) is 22.9 Å². The zero-order valence-corrected chi connectivity index (χ0v) is 18.4. The van der Waals surface area contributed by atoms with Gasteiger partial charge in [0.1, 0.15) is 17.4 Å². The van der Waals surface area contributed by atoms with E-state index in [-0.39, 0.29) is 22.2 Å². The first-order chi connectivity index (χ1) is 15.8. The smallest absolute Gasteiger partial charge is 0.263 e. The third-order valence-electron chi connectivity index (χ3n) is 4.73. The van der Waals surface area contributed by atoms with Crippen LogP contribution >= 0.6 is 0 Å². The van der Waals surface area contributed by atoms with Crippen molar-refractivity contribution in [1.82, 2.24) is 9.78 Å². The zero-order chi connectivity index (χ0) is 23.4. The number of nitrogens with one attached hydrogen (secondary N) is 1. The van der Waals surface area contributed by atoms with Crippen molar-refractivity contribution in [3.63, 3.8) is 0 Å². The van der Waals surface area contributed by atoms with Crippen LogP contribution in [0, 0.1) is 12.7 Å². The van der Waals surface area contributed by atoms with Crippen LogP contribution in [-0.4, -0.2) is 30.7 Å². The van der Waals surface area contributed by atoms with Crippen LogP contribution in [0.25, 0.3) is 5.69 Å². The van der Waals surface area contributed by atoms with Crippen molar-refractivity contribution >= 4 is 21.6 Å². The minimum Gasteiger partial charge on any atom is -0.484 e. The van der Waals surface area contributed by atoms with Gasteiger partial charge < -0.3 is 10.1 Å². The second-order valence-electron chi connectivity index (χ2n) is 7.18. The van der Waals surface area contributed by atoms with Gasteiger partial charge in [-0.3, -0.25) is 4.79 Å². The van der Waals surface area contributed by atoms with Gasteiger partial charge in [-0.15, -0.1) is 0 Å². The molecule has 33 heavy (non-hydrogen) atoms. The summed E-state index contributed by atoms with van der Waals surface area (Å²) in [6, 6.07) is 21.4. The molecule has 0 spiro atoms. The Morgan fingerprint density at radius 3 is 2.27 bits per heavy atom. The molecular weight excluding hydrogens is 445 g/mol. The molecule has 1 heterocycles. The number of nitrogens with zero attached hydrogens (tertiary/aromatic N) is 2. The van der Waals surface area contributed by atoms with E-state index in [0.717, 1.165) is 0 Å². The fraction of sp³-hybridized carbons (Fsp3) is 0.0833. The maximum absolute atomic E-state index is 13.2. The summed E-state index contributed by atoms with van der Waals surface area (Å²) < 4.78 is 45.5. The van der Waals surface area contributed by atoms with Gasteiger partial charge in [-0.1, -0.05) is 18.2 Å². The third-order valence-corrected chi connectivity index (χ3v) is 6.51. The van der Waals surface area contributed by atoms with Crippen LogP contribution in [0.2, 0.25) is 0 Å². The summed E-state index contributed by atoms with van der Waals surface area (Å²) in [6.45, 7) is 1.48. The van der Waals surface area contributed by atoms with Crippen LogP contribution in [0.15, 0.2) is 94.7 Å². The van der Waals surface area contributed by atoms with Crippen molar-refractivity contribution in [3.05, 3.63) is 96.4 Å². The van der Waals surface area contributed by atoms with Crippen LogP contribution in [0.5, 0.6) is 5.75 Å². The summed E-state index contributed by atoms with van der Waals surface area (Å²) in [6.07, 6.45) is 0. The second-order valence-corrected chi connectivity index (χ2v) is 9.13. The molecule has 0 bridgehead atoms. The number of halogens is 1. The second kappa shape index (κ2) is 9.25. The molecule has 0 saturated carbocycles. The number of anilines is 1. The predicted octanol–water partition coefficient (Wildman–Crippen LogP) is 4.17. The average molecular weight is 466 g/mol. The Morgan fingerprint density at radius 2 is 1.61 bits per heavy atom. The number of hydrogen-bond donors (Lipinski definition) is 1. The van der Waals surface area contributed by atoms with Crippen LogP contribution in [0.1, 0.15) is 5.69 Å². The number of hydrogen-bond acceptors (Lipinski definition) is 5. The Labute approximate surface area is 190 Å². The van der Waals surface area contributed by atoms with E-state index >= 15 is 0 Å². The molecule has 0 radical (unpaired) electrons. The first kappa shape index (κ1) is 22.2. The van der Waals surface area contributed by atoms with Gasteiger partial charge in [-0.05, 0) is 67.6 Å². The Kier molecular flexibility index (Phi) is 6.23. The first-order valence-electron chi connectivity index (χ1n) is 9.98. The molecule has 0 saturated heterocycles. The summed E-state index contributed by atoms with van der Waals surface area (Å²) in [5.41, 5.74) is 1.27. The van der Waals surface area contributed by atoms with Gasteiger partial charge in [0.2, 0.25) is 9.84 Å². The highest BCUT2D eigenvalue weighted by Crippen LogP contribution is 2.23. The highest BCUT2D eigenvalue weighted by Gasteiger charge is 2.17. The van der Waals surface area contributed by atoms with E-state index in [1.54, 1.807) is 43.3 Å². The van der Waals surface area contributed by atoms with E-state index in [9.17, 15) is 17.6 Å². The number of aryl methyl sites for hydroxylation is 1. The molecule has 0 aliphatic carbocycles. The first-order valence-corrected chi connectivity index (χ1v) is 11.5. The topological polar surface area (TPSA) is 90.3 Å². The lowest BCUT2D eigenvalue weighted by Crippen LogP contribution is -2.21. The molecule has 9 heteroatoms. The van der Waals surface area contributed by atoms with Crippen LogP contribution < -0.4 is 10.1 Å². The number of rotatable bonds is 7. The number of carbonyl (C=O) groups is 1. The maximum Gasteiger partial charge on any atom is 0.263 e. The molecule has 3 aromatic carbocycles. The standard InChI is InChI=1S/C24H20FN3O4S/c1-17-15-23(28(27-17)19-9-7-18(25)8-10-19)26-24(29)16-32-20-11-13-22(14-12-20)33(30,31)21-5-3-2-4-6-21/h2-15H,16H2,1H3,(H,26,29). The van der Waals surface area contributed by atoms with Gasteiger partial charge in [-0.2, -0.15) is 5.10 Å². The van der Waals surface area contributed by atoms with Crippen molar-refractivity contribution in [2.75, 3.05) is 11.9 Å². The van der Waals surface area contributed by atoms with Crippen LogP contribution in [0.3, 0.4) is 0 Å². The molecule has 4 aromatic rings. The maximum atomic E-state index is 13.2. The lowest BCUT2D eigenvalue weighted by atomic mass is 10.3. The molecular formula is C24H20FN3O4S. The monoisotopic (exact) mass is 465 g/mol. The molecule has 4 rings (SSSR count). The molecule has 1 N–H and O–H groups in total. The van der Waals surface area contributed by atoms with E-state index < -0.39 is 15.7 Å². The largest absolute Gasteiger partial charge is 0.484 e. The van der Waals surface area contributed by atoms with Crippen molar-refractivity contribution in [2.45, 2.75) is 16.7 Å². The average Bonchev–Trinajstić information content (AvgIpc) is 3.18. The van der Waals surface area contributed by atoms with E-state index in [2.05, 4.69) is 10.4 Å². The minimum atomic E-state index is -3.63. The van der Waals surface area contributed by atoms with Crippen molar-refractivity contribution in [3.8, 4) is 11.4 Å². The molecule has 0 aliphatic heterocycles. The fourth-order valence-corrected chi connectivity index (χ4v) is 4.43. The number of amides is 1. The lowest BCUT2D eigenvalue weighted by Gasteiger charge is -2.10. The summed E-state index contributed by atoms with van der Waals surface area (Å²) in [5.74, 6) is -0.0409. The van der Waals surface area contributed by atoms with E-state index in [1.165, 1.54) is 53.2 Å². The van der Waals surface area contributed by atoms with Gasteiger partial charge in [0.25, 0.3) is 5.91 Å². The van der Waals surface area contributed by atoms with Crippen LogP contribution in [-0.2, 0) is 14.6 Å². The molecule has 7 nitrogen and oxygen atoms in total. The predicted molar refractivity (Wildman–Crippen MR) is 121 cm³/mol. The van der Waals surface area contributed by atoms with Gasteiger partial charge in [-0.25, -0.2) is 17.5 Å². The SMILES string of the molecule is Cc1cc(NC(=O)COc2ccc(S(=O)(=O)c3ccccc3)cc2)n(-c2ccc(F)cc2)n1. The molecule has 0 atom stereocenters. The zero-order valence-electron chi connectivity index (χ0n) is 17.6. The third kappa shape index (κ3) is 5.09. The summed E-state index contributed by atoms with van der Waals surface area (Å²) in [7, 11) is -3.63. The van der Waals surface area contributed by atoms with Crippen molar-refractivity contribution in [2.24, 2.45) is 0 Å². The van der Waals surface area contributed by atoms with Crippen LogP contribution in [0.4, 0.5) is 10.2 Å². The number of ether oxygens (including phenoxy) is 1. The number of carbonyl (C=O) groups excluding carboxylic acids is 1. The summed E-state index contributed by atoms with van der Waals surface area (Å²) in [4.78, 5) is 12.7. The van der Waals surface area contributed by atoms with Gasteiger partial charge in [0.15, 0.2) is 6.61 Å². The Morgan fingerprint density at radius 1 is 0.970 bits per heavy atom. The molecule has 0 aliphatic rings. The molecule has 168 valence electrons. The molecule has 1 aromatic heterocycles. The van der Waals surface area contributed by atoms with E-state index in [1.807, 2.05) is 0 Å². The van der Waals surface area contributed by atoms with E-state index in [4.69, 9.17) is 4.74 Å². The minimum absolute atomic E-state index is 0.129. The number of aromatic nitrogens is 2. The van der Waals surface area contributed by atoms with Crippen molar-refractivity contribution in [1.29, 1.82) is 0 Å². The van der Waals surface area contributed by atoms with Crippen molar-refractivity contribution < 1.29 is 22.3 Å². The number of sulfone groups is 1. The van der Waals surface area contributed by atoms with Gasteiger partial charge >= 0.3 is 0 Å². The van der Waals surface area contributed by atoms with Gasteiger partial charge in [0.05, 0.1) is 21.2 Å². The molecule has 0 fully saturated rings. The molecule has 0 unspecified atom stereocenters. The Balaban J connectivity index is 1.41. The summed E-state index contributed by atoms with van der Waals surface area (Å²) >= 11 is 0. The summed E-state index contributed by atoms with van der Waals surface area (Å²) in [5, 5.41) is 7.04. The fourth-order valence-electron chi connectivity index (χ4n) is 3.15. The highest BCUT2D eigenvalue weighted by atomic mass is 32.2. The quantitative estimate of drug-likeness (QED) is 0.442. The Bertz CT molecular complexity index is 1370. The van der Waals surface area contributed by atoms with Gasteiger partial charge in [0, 0.05) is 6.07 Å². The molecule has 1 amide bonds. The highest BCUT2D eigenvalue weighted by molar-refractivity contribution is 7.91. The normalized spacial score (nSPS) is 11.2. The number of benzene rings is 3.